The number of likely N-dealkylation sites (tertiary alicyclic amines) is 1. The van der Waals surface area contributed by atoms with Crippen molar-refractivity contribution in [1.82, 2.24) is 20.4 Å². The smallest absolute Gasteiger partial charge is 0.283 e. The summed E-state index contributed by atoms with van der Waals surface area (Å²) in [6.45, 7) is 6.35. The largest absolute Gasteiger partial charge is 0.444 e. The lowest BCUT2D eigenvalue weighted by molar-refractivity contribution is 0.210. The summed E-state index contributed by atoms with van der Waals surface area (Å²) in [5.41, 5.74) is 0. The number of nitrogens with one attached hydrogen (secondary N) is 1. The first-order valence-corrected chi connectivity index (χ1v) is 8.03. The van der Waals surface area contributed by atoms with Gasteiger partial charge in [0.05, 0.1) is 6.54 Å². The molecule has 0 bridgehead atoms. The number of hydrogen-bond donors (Lipinski definition) is 1. The minimum absolute atomic E-state index is 0.435. The van der Waals surface area contributed by atoms with Gasteiger partial charge in [0.1, 0.15) is 0 Å². The van der Waals surface area contributed by atoms with Crippen LogP contribution >= 0.6 is 15.9 Å². The van der Waals surface area contributed by atoms with Crippen LogP contribution in [0.5, 0.6) is 0 Å². The van der Waals surface area contributed by atoms with Crippen molar-refractivity contribution in [1.29, 1.82) is 0 Å². The molecule has 2 saturated heterocycles. The molecule has 0 aliphatic carbocycles. The third-order valence-electron chi connectivity index (χ3n) is 4.65. The molecule has 0 saturated carbocycles. The average molecular weight is 353 g/mol. The Hall–Kier alpha value is -1.18. The highest BCUT2D eigenvalue weighted by atomic mass is 79.9. The van der Waals surface area contributed by atoms with E-state index < -0.39 is 0 Å². The molecule has 1 N–H and O–H groups in total. The fourth-order valence-electron chi connectivity index (χ4n) is 3.48. The summed E-state index contributed by atoms with van der Waals surface area (Å²) in [7, 11) is 0. The first-order valence-electron chi connectivity index (χ1n) is 7.23. The van der Waals surface area contributed by atoms with Crippen molar-refractivity contribution < 1.29 is 8.83 Å². The van der Waals surface area contributed by atoms with Crippen LogP contribution in [0.1, 0.15) is 12.8 Å². The van der Waals surface area contributed by atoms with Crippen LogP contribution in [0.3, 0.4) is 0 Å². The summed E-state index contributed by atoms with van der Waals surface area (Å²) < 4.78 is 11.8. The van der Waals surface area contributed by atoms with E-state index in [9.17, 15) is 0 Å². The molecule has 2 fully saturated rings. The molecule has 4 rings (SSSR count). The first kappa shape index (κ1) is 13.5. The van der Waals surface area contributed by atoms with E-state index in [1.165, 1.54) is 0 Å². The SMILES string of the molecule is CC1C2CNCC2CN1Cc1nnc(-c2ccc(Br)o2)o1. The molecular weight excluding hydrogens is 336 g/mol. The van der Waals surface area contributed by atoms with E-state index in [0.717, 1.165) is 31.5 Å². The molecule has 2 aliphatic rings. The van der Waals surface area contributed by atoms with Gasteiger partial charge in [0.2, 0.25) is 5.89 Å². The average Bonchev–Trinajstić information content (AvgIpc) is 3.19. The van der Waals surface area contributed by atoms with Crippen molar-refractivity contribution in [3.63, 3.8) is 0 Å². The standard InChI is InChI=1S/C14H17BrN4O2/c1-8-10-5-16-4-9(10)6-19(8)7-13-17-18-14(21-13)11-2-3-12(15)20-11/h2-3,8-10,16H,4-7H2,1H3. The van der Waals surface area contributed by atoms with Crippen LogP contribution in [0, 0.1) is 11.8 Å². The Bertz CT molecular complexity index is 640. The van der Waals surface area contributed by atoms with E-state index in [4.69, 9.17) is 8.83 Å². The number of hydrogen-bond acceptors (Lipinski definition) is 6. The summed E-state index contributed by atoms with van der Waals surface area (Å²) in [5.74, 6) is 3.18. The zero-order valence-electron chi connectivity index (χ0n) is 11.8. The van der Waals surface area contributed by atoms with Crippen LogP contribution in [-0.2, 0) is 6.54 Å². The molecule has 3 atom stereocenters. The monoisotopic (exact) mass is 352 g/mol. The predicted octanol–water partition coefficient (Wildman–Crippen LogP) is 2.13. The Morgan fingerprint density at radius 3 is 3.00 bits per heavy atom. The molecule has 0 amide bonds. The number of halogens is 1. The minimum Gasteiger partial charge on any atom is -0.444 e. The maximum atomic E-state index is 5.72. The Kier molecular flexibility index (Phi) is 3.35. The molecule has 2 aromatic rings. The molecule has 4 heterocycles. The highest BCUT2D eigenvalue weighted by molar-refractivity contribution is 9.10. The van der Waals surface area contributed by atoms with Crippen molar-refractivity contribution in [2.45, 2.75) is 19.5 Å². The van der Waals surface area contributed by atoms with Crippen LogP contribution in [0.4, 0.5) is 0 Å². The molecule has 0 spiro atoms. The molecule has 2 aromatic heterocycles. The van der Waals surface area contributed by atoms with Gasteiger partial charge >= 0.3 is 0 Å². The van der Waals surface area contributed by atoms with Crippen molar-refractivity contribution >= 4 is 15.9 Å². The third-order valence-corrected chi connectivity index (χ3v) is 5.07. The van der Waals surface area contributed by atoms with E-state index in [1.807, 2.05) is 12.1 Å². The zero-order chi connectivity index (χ0) is 14.4. The molecule has 0 aromatic carbocycles. The topological polar surface area (TPSA) is 67.3 Å². The molecule has 21 heavy (non-hydrogen) atoms. The van der Waals surface area contributed by atoms with Crippen molar-refractivity contribution in [2.75, 3.05) is 19.6 Å². The van der Waals surface area contributed by atoms with E-state index >= 15 is 0 Å². The van der Waals surface area contributed by atoms with Crippen molar-refractivity contribution in [3.05, 3.63) is 22.7 Å². The highest BCUT2D eigenvalue weighted by Crippen LogP contribution is 2.33. The van der Waals surface area contributed by atoms with E-state index in [2.05, 4.69) is 43.3 Å². The molecule has 0 radical (unpaired) electrons. The van der Waals surface area contributed by atoms with Crippen LogP contribution in [0.2, 0.25) is 0 Å². The maximum Gasteiger partial charge on any atom is 0.283 e. The molecule has 3 unspecified atom stereocenters. The van der Waals surface area contributed by atoms with Gasteiger partial charge < -0.3 is 14.2 Å². The Morgan fingerprint density at radius 1 is 1.33 bits per heavy atom. The fourth-order valence-corrected chi connectivity index (χ4v) is 3.79. The Morgan fingerprint density at radius 2 is 2.24 bits per heavy atom. The summed E-state index contributed by atoms with van der Waals surface area (Å²) in [5, 5.41) is 11.7. The Balaban J connectivity index is 1.47. The lowest BCUT2D eigenvalue weighted by Gasteiger charge is -2.22. The van der Waals surface area contributed by atoms with E-state index in [-0.39, 0.29) is 0 Å². The number of aromatic nitrogens is 2. The molecule has 6 nitrogen and oxygen atoms in total. The lowest BCUT2D eigenvalue weighted by atomic mass is 9.95. The molecular formula is C14H17BrN4O2. The van der Waals surface area contributed by atoms with E-state index in [1.54, 1.807) is 0 Å². The van der Waals surface area contributed by atoms with Gasteiger partial charge in [0, 0.05) is 12.6 Å². The van der Waals surface area contributed by atoms with Gasteiger partial charge in [-0.3, -0.25) is 4.90 Å². The van der Waals surface area contributed by atoms with Gasteiger partial charge in [-0.25, -0.2) is 0 Å². The Labute approximate surface area is 131 Å². The fraction of sp³-hybridized carbons (Fsp3) is 0.571. The maximum absolute atomic E-state index is 5.72. The van der Waals surface area contributed by atoms with Crippen LogP contribution < -0.4 is 5.32 Å². The predicted molar refractivity (Wildman–Crippen MR) is 79.4 cm³/mol. The first-order chi connectivity index (χ1) is 10.2. The van der Waals surface area contributed by atoms with Gasteiger partial charge in [-0.2, -0.15) is 0 Å². The zero-order valence-corrected chi connectivity index (χ0v) is 13.3. The summed E-state index contributed by atoms with van der Waals surface area (Å²) >= 11 is 3.27. The summed E-state index contributed by atoms with van der Waals surface area (Å²) in [6, 6.07) is 4.18. The number of nitrogens with zero attached hydrogens (tertiary/aromatic N) is 3. The highest BCUT2D eigenvalue weighted by Gasteiger charge is 2.42. The third kappa shape index (κ3) is 2.43. The van der Waals surface area contributed by atoms with Gasteiger partial charge in [-0.15, -0.1) is 10.2 Å². The second-order valence-electron chi connectivity index (χ2n) is 5.86. The molecule has 2 aliphatic heterocycles. The summed E-state index contributed by atoms with van der Waals surface area (Å²) in [6.07, 6.45) is 0. The van der Waals surface area contributed by atoms with Gasteiger partial charge in [-0.1, -0.05) is 0 Å². The lowest BCUT2D eigenvalue weighted by Crippen LogP contribution is -2.32. The molecule has 7 heteroatoms. The molecule has 112 valence electrons. The van der Waals surface area contributed by atoms with Gasteiger partial charge in [-0.05, 0) is 59.9 Å². The number of rotatable bonds is 3. The van der Waals surface area contributed by atoms with Gasteiger partial charge in [0.25, 0.3) is 5.89 Å². The minimum atomic E-state index is 0.435. The van der Waals surface area contributed by atoms with Crippen molar-refractivity contribution in [2.24, 2.45) is 11.8 Å². The van der Waals surface area contributed by atoms with Crippen LogP contribution in [0.15, 0.2) is 25.6 Å². The van der Waals surface area contributed by atoms with Crippen LogP contribution in [-0.4, -0.2) is 40.8 Å². The number of furan rings is 1. The second kappa shape index (κ2) is 5.23. The normalized spacial score (nSPS) is 29.1. The van der Waals surface area contributed by atoms with Gasteiger partial charge in [0.15, 0.2) is 10.4 Å². The van der Waals surface area contributed by atoms with E-state index in [0.29, 0.717) is 34.8 Å². The van der Waals surface area contributed by atoms with Crippen molar-refractivity contribution in [3.8, 4) is 11.7 Å². The quantitative estimate of drug-likeness (QED) is 0.912. The number of fused-ring (bicyclic) bond motifs is 1. The summed E-state index contributed by atoms with van der Waals surface area (Å²) in [4.78, 5) is 2.44. The van der Waals surface area contributed by atoms with Crippen LogP contribution in [0.25, 0.3) is 11.7 Å². The second-order valence-corrected chi connectivity index (χ2v) is 6.64.